The van der Waals surface area contributed by atoms with Crippen molar-refractivity contribution in [3.8, 4) is 0 Å². The lowest BCUT2D eigenvalue weighted by atomic mass is 9.96. The van der Waals surface area contributed by atoms with Gasteiger partial charge in [0.25, 0.3) is 0 Å². The van der Waals surface area contributed by atoms with Gasteiger partial charge in [0, 0.05) is 12.6 Å². The second-order valence-corrected chi connectivity index (χ2v) is 9.31. The summed E-state index contributed by atoms with van der Waals surface area (Å²) in [5.74, 6) is 0.783. The first kappa shape index (κ1) is 18.7. The average Bonchev–Trinajstić information content (AvgIpc) is 3.20. The highest BCUT2D eigenvalue weighted by molar-refractivity contribution is 7.89. The van der Waals surface area contributed by atoms with Crippen molar-refractivity contribution in [1.82, 2.24) is 15.4 Å². The SMILES string of the molecule is CCNC(=NCc1ccc(S(=O)(=O)NC2CC2)cc1)NC1CC2CCC1O2. The number of nitrogens with zero attached hydrogens (tertiary/aromatic N) is 1. The van der Waals surface area contributed by atoms with Crippen LogP contribution in [0.5, 0.6) is 0 Å². The van der Waals surface area contributed by atoms with Crippen molar-refractivity contribution in [2.24, 2.45) is 4.99 Å². The first-order chi connectivity index (χ1) is 13.0. The third-order valence-electron chi connectivity index (χ3n) is 5.32. The van der Waals surface area contributed by atoms with Crippen molar-refractivity contribution in [1.29, 1.82) is 0 Å². The maximum absolute atomic E-state index is 12.2. The van der Waals surface area contributed by atoms with Crippen molar-refractivity contribution in [2.75, 3.05) is 6.54 Å². The van der Waals surface area contributed by atoms with Crippen LogP contribution in [-0.4, -0.2) is 45.2 Å². The molecule has 4 rings (SSSR count). The highest BCUT2D eigenvalue weighted by Gasteiger charge is 2.41. The van der Waals surface area contributed by atoms with Gasteiger partial charge >= 0.3 is 0 Å². The van der Waals surface area contributed by atoms with Crippen molar-refractivity contribution >= 4 is 16.0 Å². The van der Waals surface area contributed by atoms with Crippen LogP contribution in [0.25, 0.3) is 0 Å². The Labute approximate surface area is 161 Å². The van der Waals surface area contributed by atoms with Crippen LogP contribution < -0.4 is 15.4 Å². The Morgan fingerprint density at radius 2 is 1.96 bits per heavy atom. The fourth-order valence-corrected chi connectivity index (χ4v) is 5.02. The Morgan fingerprint density at radius 1 is 1.19 bits per heavy atom. The number of ether oxygens (including phenoxy) is 1. The summed E-state index contributed by atoms with van der Waals surface area (Å²) in [5.41, 5.74) is 0.974. The molecule has 3 fully saturated rings. The van der Waals surface area contributed by atoms with Crippen LogP contribution >= 0.6 is 0 Å². The van der Waals surface area contributed by atoms with Gasteiger partial charge < -0.3 is 15.4 Å². The second kappa shape index (κ2) is 7.77. The van der Waals surface area contributed by atoms with E-state index in [9.17, 15) is 8.42 Å². The number of guanidine groups is 1. The highest BCUT2D eigenvalue weighted by atomic mass is 32.2. The number of aliphatic imine (C=N–C) groups is 1. The zero-order chi connectivity index (χ0) is 18.9. The van der Waals surface area contributed by atoms with E-state index in [1.807, 2.05) is 19.1 Å². The number of hydrogen-bond acceptors (Lipinski definition) is 4. The van der Waals surface area contributed by atoms with E-state index in [0.717, 1.165) is 43.8 Å². The van der Waals surface area contributed by atoms with Crippen LogP contribution in [0.1, 0.15) is 44.6 Å². The van der Waals surface area contributed by atoms with Gasteiger partial charge in [0.05, 0.1) is 29.7 Å². The molecule has 3 aliphatic rings. The highest BCUT2D eigenvalue weighted by Crippen LogP contribution is 2.34. The molecule has 1 saturated carbocycles. The number of benzene rings is 1. The van der Waals surface area contributed by atoms with E-state index >= 15 is 0 Å². The third kappa shape index (κ3) is 4.62. The van der Waals surface area contributed by atoms with Gasteiger partial charge in [-0.05, 0) is 56.7 Å². The van der Waals surface area contributed by atoms with Gasteiger partial charge in [-0.25, -0.2) is 18.1 Å². The number of sulfonamides is 1. The molecule has 27 heavy (non-hydrogen) atoms. The van der Waals surface area contributed by atoms with Crippen LogP contribution in [0, 0.1) is 0 Å². The van der Waals surface area contributed by atoms with Crippen molar-refractivity contribution in [3.63, 3.8) is 0 Å². The Hall–Kier alpha value is -1.64. The Bertz CT molecular complexity index is 790. The van der Waals surface area contributed by atoms with E-state index in [1.54, 1.807) is 12.1 Å². The maximum atomic E-state index is 12.2. The molecule has 0 radical (unpaired) electrons. The summed E-state index contributed by atoms with van der Waals surface area (Å²) in [4.78, 5) is 4.97. The van der Waals surface area contributed by atoms with E-state index in [0.29, 0.717) is 29.7 Å². The quantitative estimate of drug-likeness (QED) is 0.483. The van der Waals surface area contributed by atoms with Crippen LogP contribution in [0.2, 0.25) is 0 Å². The van der Waals surface area contributed by atoms with Crippen LogP contribution in [-0.2, 0) is 21.3 Å². The molecule has 1 aromatic carbocycles. The average molecular weight is 393 g/mol. The summed E-state index contributed by atoms with van der Waals surface area (Å²) < 4.78 is 33.1. The lowest BCUT2D eigenvalue weighted by molar-refractivity contribution is 0.0992. The fraction of sp³-hybridized carbons (Fsp3) is 0.632. The van der Waals surface area contributed by atoms with Crippen LogP contribution in [0.15, 0.2) is 34.2 Å². The molecule has 2 heterocycles. The third-order valence-corrected chi connectivity index (χ3v) is 6.86. The van der Waals surface area contributed by atoms with E-state index in [1.165, 1.54) is 6.42 Å². The Kier molecular flexibility index (Phi) is 5.39. The van der Waals surface area contributed by atoms with Crippen molar-refractivity contribution in [3.05, 3.63) is 29.8 Å². The molecule has 1 aromatic rings. The number of fused-ring (bicyclic) bond motifs is 2. The number of hydrogen-bond donors (Lipinski definition) is 3. The molecule has 1 aliphatic carbocycles. The van der Waals surface area contributed by atoms with Gasteiger partial charge in [-0.1, -0.05) is 12.1 Å². The minimum atomic E-state index is -3.40. The van der Waals surface area contributed by atoms with E-state index in [4.69, 9.17) is 4.74 Å². The Morgan fingerprint density at radius 3 is 2.56 bits per heavy atom. The molecule has 3 N–H and O–H groups in total. The van der Waals surface area contributed by atoms with Crippen molar-refractivity contribution < 1.29 is 13.2 Å². The maximum Gasteiger partial charge on any atom is 0.240 e. The van der Waals surface area contributed by atoms with E-state index in [-0.39, 0.29) is 6.04 Å². The predicted molar refractivity (Wildman–Crippen MR) is 104 cm³/mol. The second-order valence-electron chi connectivity index (χ2n) is 7.60. The standard InChI is InChI=1S/C19H28N4O3S/c1-2-20-19(22-17-11-15-7-10-18(17)26-15)21-12-13-3-8-16(9-4-13)27(24,25)23-14-5-6-14/h3-4,8-9,14-15,17-18,23H,2,5-7,10-12H2,1H3,(H2,20,21,22). The van der Waals surface area contributed by atoms with Crippen LogP contribution in [0.4, 0.5) is 0 Å². The molecule has 2 saturated heterocycles. The molecule has 7 nitrogen and oxygen atoms in total. The smallest absolute Gasteiger partial charge is 0.240 e. The van der Waals surface area contributed by atoms with E-state index in [2.05, 4.69) is 20.3 Å². The molecule has 0 spiro atoms. The minimum Gasteiger partial charge on any atom is -0.373 e. The largest absolute Gasteiger partial charge is 0.373 e. The topological polar surface area (TPSA) is 91.8 Å². The lowest BCUT2D eigenvalue weighted by Crippen LogP contribution is -2.47. The van der Waals surface area contributed by atoms with Gasteiger partial charge in [-0.2, -0.15) is 0 Å². The van der Waals surface area contributed by atoms with Gasteiger partial charge in [0.15, 0.2) is 5.96 Å². The fourth-order valence-electron chi connectivity index (χ4n) is 3.72. The molecule has 0 amide bonds. The molecule has 2 bridgehead atoms. The summed E-state index contributed by atoms with van der Waals surface area (Å²) in [6.07, 6.45) is 5.88. The predicted octanol–water partition coefficient (Wildman–Crippen LogP) is 1.50. The zero-order valence-corrected chi connectivity index (χ0v) is 16.5. The van der Waals surface area contributed by atoms with E-state index < -0.39 is 10.0 Å². The molecule has 3 atom stereocenters. The van der Waals surface area contributed by atoms with Gasteiger partial charge in [0.1, 0.15) is 0 Å². The summed E-state index contributed by atoms with van der Waals surface area (Å²) in [6, 6.07) is 7.40. The summed E-state index contributed by atoms with van der Waals surface area (Å²) in [6.45, 7) is 3.33. The Balaban J connectivity index is 1.37. The molecule has 0 aromatic heterocycles. The summed E-state index contributed by atoms with van der Waals surface area (Å²) in [5, 5.41) is 6.77. The minimum absolute atomic E-state index is 0.114. The molecular weight excluding hydrogens is 364 g/mol. The monoisotopic (exact) mass is 392 g/mol. The van der Waals surface area contributed by atoms with Gasteiger partial charge in [-0.15, -0.1) is 0 Å². The number of nitrogens with one attached hydrogen (secondary N) is 3. The first-order valence-electron chi connectivity index (χ1n) is 9.85. The molecule has 8 heteroatoms. The number of rotatable bonds is 7. The van der Waals surface area contributed by atoms with Crippen molar-refractivity contribution in [2.45, 2.75) is 74.8 Å². The van der Waals surface area contributed by atoms with Crippen LogP contribution in [0.3, 0.4) is 0 Å². The molecular formula is C19H28N4O3S. The van der Waals surface area contributed by atoms with Gasteiger partial charge in [0.2, 0.25) is 10.0 Å². The first-order valence-corrected chi connectivity index (χ1v) is 11.3. The molecule has 148 valence electrons. The molecule has 2 aliphatic heterocycles. The zero-order valence-electron chi connectivity index (χ0n) is 15.6. The normalized spacial score (nSPS) is 27.7. The molecule has 3 unspecified atom stereocenters. The summed E-state index contributed by atoms with van der Waals surface area (Å²) >= 11 is 0. The summed E-state index contributed by atoms with van der Waals surface area (Å²) in [7, 11) is -3.40. The van der Waals surface area contributed by atoms with Gasteiger partial charge in [-0.3, -0.25) is 0 Å². The lowest BCUT2D eigenvalue weighted by Gasteiger charge is -2.22.